The van der Waals surface area contributed by atoms with Crippen LogP contribution in [-0.4, -0.2) is 17.9 Å². The molecule has 0 saturated heterocycles. The summed E-state index contributed by atoms with van der Waals surface area (Å²) in [5, 5.41) is 8.73. The number of rotatable bonds is 6. The molecule has 7 heteroatoms. The first-order valence-corrected chi connectivity index (χ1v) is 8.34. The van der Waals surface area contributed by atoms with E-state index in [1.54, 1.807) is 18.4 Å². The van der Waals surface area contributed by atoms with Gasteiger partial charge in [-0.3, -0.25) is 14.9 Å². The molecule has 2 rings (SSSR count). The van der Waals surface area contributed by atoms with Gasteiger partial charge in [0.2, 0.25) is 5.91 Å². The van der Waals surface area contributed by atoms with Crippen molar-refractivity contribution in [1.29, 1.82) is 0 Å². The molecule has 5 nitrogen and oxygen atoms in total. The summed E-state index contributed by atoms with van der Waals surface area (Å²) >= 11 is 7.42. The Kier molecular flexibility index (Phi) is 5.76. The van der Waals surface area contributed by atoms with Crippen molar-refractivity contribution >= 4 is 39.8 Å². The molecule has 1 heterocycles. The molecule has 0 fully saturated rings. The molecule has 0 spiro atoms. The average Bonchev–Trinajstić information content (AvgIpc) is 2.95. The Hall–Kier alpha value is -1.89. The van der Waals surface area contributed by atoms with Crippen molar-refractivity contribution < 1.29 is 9.59 Å². The zero-order valence-corrected chi connectivity index (χ0v) is 14.4. The molecule has 0 bridgehead atoms. The second kappa shape index (κ2) is 7.59. The Bertz CT molecular complexity index is 717. The van der Waals surface area contributed by atoms with Gasteiger partial charge in [0.25, 0.3) is 5.91 Å². The van der Waals surface area contributed by atoms with Gasteiger partial charge >= 0.3 is 0 Å². The SMILES string of the molecule is CC(NC(C)c1ccccc1Cl)C(=O)Nc1sccc1C(N)=O. The van der Waals surface area contributed by atoms with E-state index in [0.29, 0.717) is 15.6 Å². The van der Waals surface area contributed by atoms with Crippen LogP contribution >= 0.6 is 22.9 Å². The number of halogens is 1. The van der Waals surface area contributed by atoms with E-state index in [2.05, 4.69) is 10.6 Å². The Morgan fingerprint density at radius 2 is 1.91 bits per heavy atom. The van der Waals surface area contributed by atoms with Crippen LogP contribution in [0, 0.1) is 0 Å². The third-order valence-corrected chi connectivity index (χ3v) is 4.61. The molecule has 2 atom stereocenters. The highest BCUT2D eigenvalue weighted by molar-refractivity contribution is 7.14. The maximum Gasteiger partial charge on any atom is 0.251 e. The first-order chi connectivity index (χ1) is 10.9. The highest BCUT2D eigenvalue weighted by Crippen LogP contribution is 2.24. The van der Waals surface area contributed by atoms with Crippen LogP contribution in [-0.2, 0) is 4.79 Å². The smallest absolute Gasteiger partial charge is 0.251 e. The van der Waals surface area contributed by atoms with Crippen LogP contribution in [0.1, 0.15) is 35.8 Å². The fourth-order valence-electron chi connectivity index (χ4n) is 2.19. The van der Waals surface area contributed by atoms with Crippen LogP contribution in [0.15, 0.2) is 35.7 Å². The summed E-state index contributed by atoms with van der Waals surface area (Å²) in [7, 11) is 0. The third kappa shape index (κ3) is 4.31. The van der Waals surface area contributed by atoms with E-state index in [9.17, 15) is 9.59 Å². The first-order valence-electron chi connectivity index (χ1n) is 7.08. The molecule has 4 N–H and O–H groups in total. The highest BCUT2D eigenvalue weighted by Gasteiger charge is 2.20. The highest BCUT2D eigenvalue weighted by atomic mass is 35.5. The van der Waals surface area contributed by atoms with Gasteiger partial charge in [-0.05, 0) is 36.9 Å². The van der Waals surface area contributed by atoms with E-state index in [1.807, 2.05) is 31.2 Å². The zero-order chi connectivity index (χ0) is 17.0. The van der Waals surface area contributed by atoms with Crippen molar-refractivity contribution in [2.75, 3.05) is 5.32 Å². The molecule has 0 aliphatic rings. The van der Waals surface area contributed by atoms with Gasteiger partial charge in [-0.1, -0.05) is 29.8 Å². The van der Waals surface area contributed by atoms with Crippen molar-refractivity contribution in [1.82, 2.24) is 5.32 Å². The van der Waals surface area contributed by atoms with Gasteiger partial charge in [0.05, 0.1) is 11.6 Å². The molecule has 0 aliphatic heterocycles. The zero-order valence-electron chi connectivity index (χ0n) is 12.8. The normalized spacial score (nSPS) is 13.3. The molecular formula is C16H18ClN3O2S. The monoisotopic (exact) mass is 351 g/mol. The predicted octanol–water partition coefficient (Wildman–Crippen LogP) is 3.18. The molecule has 2 unspecified atom stereocenters. The number of hydrogen-bond acceptors (Lipinski definition) is 4. The van der Waals surface area contributed by atoms with E-state index in [4.69, 9.17) is 17.3 Å². The summed E-state index contributed by atoms with van der Waals surface area (Å²) in [6, 6.07) is 8.51. The molecule has 1 aromatic carbocycles. The van der Waals surface area contributed by atoms with Crippen LogP contribution in [0.3, 0.4) is 0 Å². The van der Waals surface area contributed by atoms with Gasteiger partial charge < -0.3 is 11.1 Å². The molecule has 0 radical (unpaired) electrons. The number of anilines is 1. The summed E-state index contributed by atoms with van der Waals surface area (Å²) in [6.07, 6.45) is 0. The standard InChI is InChI=1S/C16H18ClN3O2S/c1-9(11-5-3-4-6-13(11)17)19-10(2)15(22)20-16-12(14(18)21)7-8-23-16/h3-10,19H,1-2H3,(H2,18,21)(H,20,22). The minimum absolute atomic E-state index is 0.0941. The fraction of sp³-hybridized carbons (Fsp3) is 0.250. The molecule has 0 aliphatic carbocycles. The molecule has 2 amide bonds. The molecule has 122 valence electrons. The van der Waals surface area contributed by atoms with Gasteiger partial charge in [-0.15, -0.1) is 11.3 Å². The van der Waals surface area contributed by atoms with Crippen molar-refractivity contribution in [3.63, 3.8) is 0 Å². The molecular weight excluding hydrogens is 334 g/mol. The van der Waals surface area contributed by atoms with Gasteiger partial charge in [-0.25, -0.2) is 0 Å². The largest absolute Gasteiger partial charge is 0.366 e. The lowest BCUT2D eigenvalue weighted by molar-refractivity contribution is -0.117. The number of carbonyl (C=O) groups excluding carboxylic acids is 2. The van der Waals surface area contributed by atoms with E-state index in [1.165, 1.54) is 11.3 Å². The van der Waals surface area contributed by atoms with Crippen molar-refractivity contribution in [3.8, 4) is 0 Å². The lowest BCUT2D eigenvalue weighted by Gasteiger charge is -2.20. The fourth-order valence-corrected chi connectivity index (χ4v) is 3.28. The number of benzene rings is 1. The number of hydrogen-bond donors (Lipinski definition) is 3. The Morgan fingerprint density at radius 1 is 1.22 bits per heavy atom. The lowest BCUT2D eigenvalue weighted by Crippen LogP contribution is -2.39. The molecule has 1 aromatic heterocycles. The average molecular weight is 352 g/mol. The second-order valence-electron chi connectivity index (χ2n) is 5.15. The second-order valence-corrected chi connectivity index (χ2v) is 6.47. The minimum atomic E-state index is -0.563. The maximum atomic E-state index is 12.3. The van der Waals surface area contributed by atoms with Crippen molar-refractivity contribution in [2.24, 2.45) is 5.73 Å². The van der Waals surface area contributed by atoms with Crippen LogP contribution in [0.2, 0.25) is 5.02 Å². The minimum Gasteiger partial charge on any atom is -0.366 e. The molecule has 2 aromatic rings. The quantitative estimate of drug-likeness (QED) is 0.747. The topological polar surface area (TPSA) is 84.2 Å². The number of amides is 2. The summed E-state index contributed by atoms with van der Waals surface area (Å²) in [6.45, 7) is 3.69. The lowest BCUT2D eigenvalue weighted by atomic mass is 10.1. The number of thiophene rings is 1. The Morgan fingerprint density at radius 3 is 2.57 bits per heavy atom. The van der Waals surface area contributed by atoms with Crippen LogP contribution < -0.4 is 16.4 Å². The number of nitrogens with one attached hydrogen (secondary N) is 2. The number of carbonyl (C=O) groups is 2. The van der Waals surface area contributed by atoms with Gasteiger partial charge in [0, 0.05) is 11.1 Å². The van der Waals surface area contributed by atoms with E-state index in [0.717, 1.165) is 5.56 Å². The van der Waals surface area contributed by atoms with Gasteiger partial charge in [0.1, 0.15) is 5.00 Å². The summed E-state index contributed by atoms with van der Waals surface area (Å²) in [5.74, 6) is -0.805. The summed E-state index contributed by atoms with van der Waals surface area (Å²) < 4.78 is 0. The van der Waals surface area contributed by atoms with E-state index in [-0.39, 0.29) is 11.9 Å². The van der Waals surface area contributed by atoms with E-state index >= 15 is 0 Å². The maximum absolute atomic E-state index is 12.3. The molecule has 0 saturated carbocycles. The van der Waals surface area contributed by atoms with Crippen LogP contribution in [0.4, 0.5) is 5.00 Å². The van der Waals surface area contributed by atoms with Crippen molar-refractivity contribution in [3.05, 3.63) is 51.9 Å². The third-order valence-electron chi connectivity index (χ3n) is 3.43. The first kappa shape index (κ1) is 17.5. The van der Waals surface area contributed by atoms with Gasteiger partial charge in [-0.2, -0.15) is 0 Å². The summed E-state index contributed by atoms with van der Waals surface area (Å²) in [5.41, 5.74) is 6.50. The summed E-state index contributed by atoms with van der Waals surface area (Å²) in [4.78, 5) is 23.6. The Balaban J connectivity index is 2.01. The Labute approximate surface area is 143 Å². The van der Waals surface area contributed by atoms with Crippen molar-refractivity contribution in [2.45, 2.75) is 25.9 Å². The number of nitrogens with two attached hydrogens (primary N) is 1. The van der Waals surface area contributed by atoms with Crippen LogP contribution in [0.25, 0.3) is 0 Å². The number of primary amides is 1. The molecule has 23 heavy (non-hydrogen) atoms. The van der Waals surface area contributed by atoms with Crippen LogP contribution in [0.5, 0.6) is 0 Å². The predicted molar refractivity (Wildman–Crippen MR) is 93.9 cm³/mol. The van der Waals surface area contributed by atoms with E-state index < -0.39 is 11.9 Å². The van der Waals surface area contributed by atoms with Gasteiger partial charge in [0.15, 0.2) is 0 Å².